The molecule has 2 aliphatic heterocycles. The van der Waals surface area contributed by atoms with E-state index in [2.05, 4.69) is 77.7 Å². The molecule has 7 heteroatoms. The van der Waals surface area contributed by atoms with Crippen molar-refractivity contribution < 1.29 is 9.47 Å². The minimum Gasteiger partial charge on any atom is -0.487 e. The minimum absolute atomic E-state index is 0. The van der Waals surface area contributed by atoms with Crippen LogP contribution in [0.15, 0.2) is 53.5 Å². The van der Waals surface area contributed by atoms with Gasteiger partial charge in [0.25, 0.3) is 0 Å². The minimum atomic E-state index is -0.226. The van der Waals surface area contributed by atoms with E-state index < -0.39 is 0 Å². The van der Waals surface area contributed by atoms with Gasteiger partial charge in [-0.2, -0.15) is 0 Å². The monoisotopic (exact) mass is 564 g/mol. The first-order valence-electron chi connectivity index (χ1n) is 11.6. The Morgan fingerprint density at radius 2 is 1.94 bits per heavy atom. The predicted octanol–water partition coefficient (Wildman–Crippen LogP) is 4.49. The van der Waals surface area contributed by atoms with Crippen molar-refractivity contribution in [2.45, 2.75) is 58.0 Å². The third-order valence-corrected chi connectivity index (χ3v) is 6.09. The SMILES string of the molecule is CN=C(NCc1cccc(CN2CCOC(C)C2)c1)NC1CC(C)(C)Oc2ccccc21.I. The standard InChI is InChI=1S/C26H36N4O2.HI/c1-19-17-30(12-13-31-19)18-21-9-7-8-20(14-21)16-28-25(27-4)29-23-15-26(2,3)32-24-11-6-5-10-22(23)24;/h5-11,14,19,23H,12-13,15-18H2,1-4H3,(H2,27,28,29);1H. The van der Waals surface area contributed by atoms with Gasteiger partial charge in [-0.1, -0.05) is 42.5 Å². The zero-order chi connectivity index (χ0) is 22.6. The van der Waals surface area contributed by atoms with Crippen molar-refractivity contribution in [3.63, 3.8) is 0 Å². The highest BCUT2D eigenvalue weighted by Crippen LogP contribution is 2.39. The number of ether oxygens (including phenoxy) is 2. The van der Waals surface area contributed by atoms with E-state index in [1.165, 1.54) is 16.7 Å². The summed E-state index contributed by atoms with van der Waals surface area (Å²) in [5, 5.41) is 7.10. The van der Waals surface area contributed by atoms with Gasteiger partial charge < -0.3 is 20.1 Å². The number of para-hydroxylation sites is 1. The summed E-state index contributed by atoms with van der Waals surface area (Å²) in [7, 11) is 1.82. The quantitative estimate of drug-likeness (QED) is 0.319. The highest BCUT2D eigenvalue weighted by atomic mass is 127. The Morgan fingerprint density at radius 1 is 1.15 bits per heavy atom. The summed E-state index contributed by atoms with van der Waals surface area (Å²) in [5.41, 5.74) is 3.54. The Balaban J connectivity index is 0.00000306. The van der Waals surface area contributed by atoms with Crippen LogP contribution in [0.25, 0.3) is 0 Å². The molecular weight excluding hydrogens is 527 g/mol. The number of fused-ring (bicyclic) bond motifs is 1. The third kappa shape index (κ3) is 7.07. The van der Waals surface area contributed by atoms with E-state index in [9.17, 15) is 0 Å². The number of nitrogens with zero attached hydrogens (tertiary/aromatic N) is 2. The van der Waals surface area contributed by atoms with Crippen LogP contribution in [0.4, 0.5) is 0 Å². The van der Waals surface area contributed by atoms with Crippen molar-refractivity contribution in [2.24, 2.45) is 4.99 Å². The summed E-state index contributed by atoms with van der Waals surface area (Å²) >= 11 is 0. The Morgan fingerprint density at radius 3 is 2.73 bits per heavy atom. The van der Waals surface area contributed by atoms with E-state index in [-0.39, 0.29) is 35.6 Å². The van der Waals surface area contributed by atoms with E-state index in [1.807, 2.05) is 19.2 Å². The number of rotatable bonds is 5. The van der Waals surface area contributed by atoms with Crippen molar-refractivity contribution in [1.82, 2.24) is 15.5 Å². The fourth-order valence-electron chi connectivity index (χ4n) is 4.61. The van der Waals surface area contributed by atoms with Gasteiger partial charge in [-0.25, -0.2) is 0 Å². The first kappa shape index (κ1) is 25.8. The molecule has 2 aromatic carbocycles. The highest BCUT2D eigenvalue weighted by molar-refractivity contribution is 14.0. The molecule has 0 aliphatic carbocycles. The normalized spacial score (nSPS) is 22.5. The van der Waals surface area contributed by atoms with Gasteiger partial charge in [0.05, 0.1) is 18.8 Å². The molecule has 0 saturated carbocycles. The van der Waals surface area contributed by atoms with Crippen LogP contribution in [-0.4, -0.2) is 49.3 Å². The van der Waals surface area contributed by atoms with Gasteiger partial charge >= 0.3 is 0 Å². The van der Waals surface area contributed by atoms with Gasteiger partial charge in [-0.05, 0) is 38.0 Å². The van der Waals surface area contributed by atoms with E-state index in [1.54, 1.807) is 0 Å². The average molecular weight is 565 g/mol. The molecule has 2 atom stereocenters. The van der Waals surface area contributed by atoms with E-state index in [0.29, 0.717) is 6.10 Å². The smallest absolute Gasteiger partial charge is 0.191 e. The Bertz CT molecular complexity index is 949. The van der Waals surface area contributed by atoms with Crippen molar-refractivity contribution in [3.05, 3.63) is 65.2 Å². The average Bonchev–Trinajstić information content (AvgIpc) is 2.76. The Labute approximate surface area is 215 Å². The van der Waals surface area contributed by atoms with Crippen LogP contribution in [0.3, 0.4) is 0 Å². The summed E-state index contributed by atoms with van der Waals surface area (Å²) in [5.74, 6) is 1.75. The van der Waals surface area contributed by atoms with Crippen LogP contribution in [-0.2, 0) is 17.8 Å². The molecular formula is C26H37IN4O2. The molecule has 0 spiro atoms. The van der Waals surface area contributed by atoms with Gasteiger partial charge in [0.2, 0.25) is 0 Å². The maximum absolute atomic E-state index is 6.16. The molecule has 2 heterocycles. The number of guanidine groups is 1. The molecule has 1 saturated heterocycles. The van der Waals surface area contributed by atoms with Crippen molar-refractivity contribution in [1.29, 1.82) is 0 Å². The lowest BCUT2D eigenvalue weighted by molar-refractivity contribution is -0.0212. The fourth-order valence-corrected chi connectivity index (χ4v) is 4.61. The van der Waals surface area contributed by atoms with Gasteiger partial charge in [-0.3, -0.25) is 9.89 Å². The molecule has 2 unspecified atom stereocenters. The summed E-state index contributed by atoms with van der Waals surface area (Å²) in [6.07, 6.45) is 1.18. The number of halogens is 1. The molecule has 6 nitrogen and oxygen atoms in total. The van der Waals surface area contributed by atoms with E-state index in [4.69, 9.17) is 9.47 Å². The Kier molecular flexibility index (Phi) is 9.01. The summed E-state index contributed by atoms with van der Waals surface area (Å²) in [6.45, 7) is 10.9. The summed E-state index contributed by atoms with van der Waals surface area (Å²) in [6, 6.07) is 17.2. The third-order valence-electron chi connectivity index (χ3n) is 6.09. The maximum Gasteiger partial charge on any atom is 0.191 e. The molecule has 2 aliphatic rings. The van der Waals surface area contributed by atoms with Gasteiger partial charge in [-0.15, -0.1) is 24.0 Å². The van der Waals surface area contributed by atoms with Crippen molar-refractivity contribution in [2.75, 3.05) is 26.7 Å². The largest absolute Gasteiger partial charge is 0.487 e. The number of hydrogen-bond acceptors (Lipinski definition) is 4. The van der Waals surface area contributed by atoms with Crippen LogP contribution in [0.1, 0.15) is 49.9 Å². The van der Waals surface area contributed by atoms with E-state index >= 15 is 0 Å². The highest BCUT2D eigenvalue weighted by Gasteiger charge is 2.33. The topological polar surface area (TPSA) is 58.1 Å². The second kappa shape index (κ2) is 11.5. The molecule has 33 heavy (non-hydrogen) atoms. The number of nitrogens with one attached hydrogen (secondary N) is 2. The molecule has 2 aromatic rings. The number of morpholine rings is 1. The predicted molar refractivity (Wildman–Crippen MR) is 144 cm³/mol. The van der Waals surface area contributed by atoms with Crippen molar-refractivity contribution in [3.8, 4) is 5.75 Å². The first-order chi connectivity index (χ1) is 15.4. The maximum atomic E-state index is 6.16. The molecule has 1 fully saturated rings. The lowest BCUT2D eigenvalue weighted by Crippen LogP contribution is -2.45. The second-order valence-electron chi connectivity index (χ2n) is 9.46. The zero-order valence-corrected chi connectivity index (χ0v) is 22.5. The summed E-state index contributed by atoms with van der Waals surface area (Å²) in [4.78, 5) is 6.94. The number of aliphatic imine (C=N–C) groups is 1. The number of benzene rings is 2. The van der Waals surface area contributed by atoms with Crippen LogP contribution >= 0.6 is 24.0 Å². The lowest BCUT2D eigenvalue weighted by atomic mass is 9.90. The number of hydrogen-bond donors (Lipinski definition) is 2. The lowest BCUT2D eigenvalue weighted by Gasteiger charge is -2.38. The first-order valence-corrected chi connectivity index (χ1v) is 11.6. The molecule has 180 valence electrons. The van der Waals surface area contributed by atoms with Gasteiger partial charge in [0.15, 0.2) is 5.96 Å². The van der Waals surface area contributed by atoms with E-state index in [0.717, 1.165) is 50.9 Å². The molecule has 0 amide bonds. The molecule has 0 aromatic heterocycles. The van der Waals surface area contributed by atoms with Crippen LogP contribution < -0.4 is 15.4 Å². The Hall–Kier alpha value is -1.84. The van der Waals surface area contributed by atoms with Crippen LogP contribution in [0.5, 0.6) is 5.75 Å². The van der Waals surface area contributed by atoms with Gasteiger partial charge in [0.1, 0.15) is 11.4 Å². The van der Waals surface area contributed by atoms with Crippen molar-refractivity contribution >= 4 is 29.9 Å². The molecule has 0 radical (unpaired) electrons. The van der Waals surface area contributed by atoms with Crippen LogP contribution in [0, 0.1) is 0 Å². The van der Waals surface area contributed by atoms with Gasteiger partial charge in [0, 0.05) is 45.2 Å². The fraction of sp³-hybridized carbons (Fsp3) is 0.500. The second-order valence-corrected chi connectivity index (χ2v) is 9.46. The molecule has 2 N–H and O–H groups in total. The van der Waals surface area contributed by atoms with Crippen LogP contribution in [0.2, 0.25) is 0 Å². The summed E-state index contributed by atoms with van der Waals surface area (Å²) < 4.78 is 11.8. The molecule has 0 bridgehead atoms. The zero-order valence-electron chi connectivity index (χ0n) is 20.1. The molecule has 4 rings (SSSR count).